The molecule has 0 spiro atoms. The summed E-state index contributed by atoms with van der Waals surface area (Å²) in [5, 5.41) is 14.2. The van der Waals surface area contributed by atoms with E-state index in [2.05, 4.69) is 31.9 Å². The number of nitrogens with two attached hydrogens (primary N) is 1. The molecule has 4 rings (SSSR count). The summed E-state index contributed by atoms with van der Waals surface area (Å²) in [7, 11) is 1.52. The molecule has 2 aromatic carbocycles. The summed E-state index contributed by atoms with van der Waals surface area (Å²) in [4.78, 5) is 20.0. The largest absolute Gasteiger partial charge is 0.573 e. The summed E-state index contributed by atoms with van der Waals surface area (Å²) in [5.41, 5.74) is 7.37. The molecule has 0 aliphatic heterocycles. The van der Waals surface area contributed by atoms with Gasteiger partial charge in [0.1, 0.15) is 5.65 Å². The van der Waals surface area contributed by atoms with Crippen LogP contribution in [0, 0.1) is 11.2 Å². The van der Waals surface area contributed by atoms with E-state index in [4.69, 9.17) is 15.9 Å². The van der Waals surface area contributed by atoms with Crippen LogP contribution in [0.4, 0.5) is 17.6 Å². The van der Waals surface area contributed by atoms with Crippen molar-refractivity contribution in [1.82, 2.24) is 25.2 Å². The van der Waals surface area contributed by atoms with Crippen LogP contribution in [-0.4, -0.2) is 59.6 Å². The maximum absolute atomic E-state index is 15.5. The van der Waals surface area contributed by atoms with Gasteiger partial charge in [0.25, 0.3) is 0 Å². The van der Waals surface area contributed by atoms with Crippen LogP contribution in [0.5, 0.6) is 5.75 Å². The number of amidine groups is 1. The van der Waals surface area contributed by atoms with E-state index in [1.54, 1.807) is 25.1 Å². The van der Waals surface area contributed by atoms with Gasteiger partial charge in [-0.1, -0.05) is 18.2 Å². The average Bonchev–Trinajstić information content (AvgIpc) is 3.42. The number of halogens is 4. The Hall–Kier alpha value is -4.53. The lowest BCUT2D eigenvalue weighted by atomic mass is 10.0. The van der Waals surface area contributed by atoms with E-state index in [-0.39, 0.29) is 29.0 Å². The molecule has 4 aromatic rings. The molecule has 2 heterocycles. The number of nitrogens with one attached hydrogen (secondary N) is 4. The van der Waals surface area contributed by atoms with E-state index in [1.807, 2.05) is 12.1 Å². The fourth-order valence-corrected chi connectivity index (χ4v) is 5.19. The van der Waals surface area contributed by atoms with Crippen LogP contribution in [0.25, 0.3) is 28.0 Å². The Morgan fingerprint density at radius 2 is 1.94 bits per heavy atom. The molecule has 10 nitrogen and oxygen atoms in total. The van der Waals surface area contributed by atoms with Crippen molar-refractivity contribution < 1.29 is 27.0 Å². The summed E-state index contributed by atoms with van der Waals surface area (Å²) >= 11 is 0. The molecular weight excluding hydrogens is 618 g/mol. The van der Waals surface area contributed by atoms with E-state index in [1.165, 1.54) is 30.0 Å². The minimum atomic E-state index is -5.10. The Kier molecular flexibility index (Phi) is 11.9. The number of alkyl halides is 3. The van der Waals surface area contributed by atoms with E-state index in [0.29, 0.717) is 61.4 Å². The Labute approximate surface area is 269 Å². The van der Waals surface area contributed by atoms with Crippen molar-refractivity contribution in [2.75, 3.05) is 26.8 Å². The smallest absolute Gasteiger partial charge is 0.403 e. The van der Waals surface area contributed by atoms with E-state index >= 15 is 4.39 Å². The predicted octanol–water partition coefficient (Wildman–Crippen LogP) is 5.51. The first kappa shape index (κ1) is 35.3. The first-order chi connectivity index (χ1) is 22.4. The first-order valence-corrected chi connectivity index (χ1v) is 15.1. The molecule has 0 unspecified atom stereocenters. The van der Waals surface area contributed by atoms with Gasteiger partial charge in [-0.2, -0.15) is 4.98 Å². The topological polar surface area (TPSA) is 143 Å². The SMILES string of the molecule is C=C[C@H](NCCCNC(C)=N)c1ccc(-n2cc3cc(-c4cc(CCC[C@@H](N)COC)cc(OC(F)(F)F)c4F)[nH]c3nc2=O)cc1. The van der Waals surface area contributed by atoms with Gasteiger partial charge in [-0.15, -0.1) is 19.8 Å². The Morgan fingerprint density at radius 3 is 2.60 bits per heavy atom. The second-order valence-electron chi connectivity index (χ2n) is 11.2. The lowest BCUT2D eigenvalue weighted by molar-refractivity contribution is -0.275. The number of rotatable bonds is 16. The van der Waals surface area contributed by atoms with Crippen LogP contribution in [0.15, 0.2) is 66.1 Å². The zero-order chi connectivity index (χ0) is 34.1. The number of ether oxygens (including phenoxy) is 2. The number of aryl methyl sites for hydroxylation is 1. The zero-order valence-corrected chi connectivity index (χ0v) is 26.2. The molecule has 0 fully saturated rings. The van der Waals surface area contributed by atoms with E-state index in [9.17, 15) is 18.0 Å². The van der Waals surface area contributed by atoms with Crippen molar-refractivity contribution in [2.45, 2.75) is 51.1 Å². The van der Waals surface area contributed by atoms with Gasteiger partial charge in [0.2, 0.25) is 0 Å². The molecule has 0 radical (unpaired) electrons. The summed E-state index contributed by atoms with van der Waals surface area (Å²) in [6.07, 6.45) is 0.426. The highest BCUT2D eigenvalue weighted by atomic mass is 19.4. The Bertz CT molecular complexity index is 1740. The van der Waals surface area contributed by atoms with Gasteiger partial charge in [0, 0.05) is 36.8 Å². The third-order valence-electron chi connectivity index (χ3n) is 7.42. The highest BCUT2D eigenvalue weighted by Crippen LogP contribution is 2.35. The molecule has 0 aliphatic carbocycles. The minimum Gasteiger partial charge on any atom is -0.403 e. The zero-order valence-electron chi connectivity index (χ0n) is 26.2. The van der Waals surface area contributed by atoms with E-state index in [0.717, 1.165) is 18.1 Å². The van der Waals surface area contributed by atoms with Gasteiger partial charge >= 0.3 is 12.1 Å². The fourth-order valence-electron chi connectivity index (χ4n) is 5.19. The summed E-state index contributed by atoms with van der Waals surface area (Å²) in [6.45, 7) is 7.30. The van der Waals surface area contributed by atoms with Crippen LogP contribution in [-0.2, 0) is 11.2 Å². The molecule has 0 aliphatic rings. The molecule has 2 atom stereocenters. The van der Waals surface area contributed by atoms with Crippen molar-refractivity contribution in [1.29, 1.82) is 5.41 Å². The monoisotopic (exact) mass is 657 g/mol. The summed E-state index contributed by atoms with van der Waals surface area (Å²) < 4.78 is 65.3. The number of aromatic amines is 1. The predicted molar refractivity (Wildman–Crippen MR) is 174 cm³/mol. The van der Waals surface area contributed by atoms with Crippen LogP contribution in [0.1, 0.15) is 43.4 Å². The number of fused-ring (bicyclic) bond motifs is 1. The number of nitrogens with zero attached hydrogens (tertiary/aromatic N) is 2. The van der Waals surface area contributed by atoms with E-state index < -0.39 is 23.6 Å². The molecule has 14 heteroatoms. The molecular formula is C33H39F4N7O3. The van der Waals surface area contributed by atoms with Crippen molar-refractivity contribution in [3.63, 3.8) is 0 Å². The van der Waals surface area contributed by atoms with Gasteiger partial charge in [0.05, 0.1) is 29.9 Å². The van der Waals surface area contributed by atoms with Gasteiger partial charge < -0.3 is 30.8 Å². The Morgan fingerprint density at radius 1 is 1.19 bits per heavy atom. The molecule has 252 valence electrons. The molecule has 0 saturated carbocycles. The first-order valence-electron chi connectivity index (χ1n) is 15.1. The second kappa shape index (κ2) is 15.8. The van der Waals surface area contributed by atoms with Crippen molar-refractivity contribution >= 4 is 16.9 Å². The maximum atomic E-state index is 15.5. The van der Waals surface area contributed by atoms with Crippen molar-refractivity contribution in [3.8, 4) is 22.7 Å². The van der Waals surface area contributed by atoms with Gasteiger partial charge in [-0.25, -0.2) is 9.18 Å². The van der Waals surface area contributed by atoms with Gasteiger partial charge in [-0.3, -0.25) is 9.98 Å². The lowest BCUT2D eigenvalue weighted by Gasteiger charge is -2.16. The molecule has 0 saturated heterocycles. The number of aromatic nitrogens is 3. The third kappa shape index (κ3) is 9.73. The summed E-state index contributed by atoms with van der Waals surface area (Å²) in [6, 6.07) is 10.9. The molecule has 6 N–H and O–H groups in total. The van der Waals surface area contributed by atoms with Crippen molar-refractivity contribution in [3.05, 3.63) is 88.7 Å². The van der Waals surface area contributed by atoms with Crippen LogP contribution in [0.2, 0.25) is 0 Å². The average molecular weight is 658 g/mol. The van der Waals surface area contributed by atoms with Crippen LogP contribution < -0.4 is 26.8 Å². The number of methoxy groups -OCH3 is 1. The number of benzene rings is 2. The number of hydrogen-bond donors (Lipinski definition) is 5. The maximum Gasteiger partial charge on any atom is 0.573 e. The third-order valence-corrected chi connectivity index (χ3v) is 7.42. The molecule has 0 amide bonds. The summed E-state index contributed by atoms with van der Waals surface area (Å²) in [5.74, 6) is -1.74. The molecule has 2 aromatic heterocycles. The van der Waals surface area contributed by atoms with Crippen LogP contribution >= 0.6 is 0 Å². The van der Waals surface area contributed by atoms with Gasteiger partial charge in [-0.05, 0) is 80.6 Å². The standard InChI is InChI=1S/C33H39F4N7O3/c1-4-27(41-14-6-13-40-20(2)38)22-9-11-25(12-10-22)44-18-23-17-28(42-31(23)43-32(44)45)26-15-21(7-5-8-24(39)19-46-3)16-29(30(26)34)47-33(35,36)37/h4,9-12,15-18,24,27,41H,1,5-8,13-14,19,39H2,2-3H3,(H2,38,40)(H,42,43,45)/t24-,27+/m1/s1. The number of hydrogen-bond acceptors (Lipinski definition) is 7. The highest BCUT2D eigenvalue weighted by Gasteiger charge is 2.33. The molecule has 0 bridgehead atoms. The number of H-pyrrole nitrogens is 1. The molecule has 47 heavy (non-hydrogen) atoms. The van der Waals surface area contributed by atoms with Crippen molar-refractivity contribution in [2.24, 2.45) is 5.73 Å². The van der Waals surface area contributed by atoms with Crippen LogP contribution in [0.3, 0.4) is 0 Å². The fraction of sp³-hybridized carbons (Fsp3) is 0.364. The highest BCUT2D eigenvalue weighted by molar-refractivity contribution is 5.83. The quantitative estimate of drug-likeness (QED) is 0.0352. The second-order valence-corrected chi connectivity index (χ2v) is 11.2. The normalized spacial score (nSPS) is 13.0. The van der Waals surface area contributed by atoms with Gasteiger partial charge in [0.15, 0.2) is 11.6 Å². The minimum absolute atomic E-state index is 0.131. The lowest BCUT2D eigenvalue weighted by Crippen LogP contribution is -2.26. The Balaban J connectivity index is 1.59.